The number of carbonyl (C=O) groups excluding carboxylic acids is 1. The van der Waals surface area contributed by atoms with Crippen LogP contribution in [0.1, 0.15) is 32.3 Å². The predicted molar refractivity (Wildman–Crippen MR) is 91.5 cm³/mol. The number of halogens is 1. The molecule has 0 saturated carbocycles. The molecule has 1 fully saturated rings. The third kappa shape index (κ3) is 4.62. The van der Waals surface area contributed by atoms with Crippen molar-refractivity contribution >= 4 is 18.3 Å². The maximum Gasteiger partial charge on any atom is 0.222 e. The molecule has 0 spiro atoms. The van der Waals surface area contributed by atoms with Crippen molar-refractivity contribution in [3.05, 3.63) is 29.8 Å². The topological polar surface area (TPSA) is 55.6 Å². The molecule has 2 N–H and O–H groups in total. The van der Waals surface area contributed by atoms with Crippen molar-refractivity contribution in [2.24, 2.45) is 11.1 Å². The van der Waals surface area contributed by atoms with E-state index in [1.54, 1.807) is 7.11 Å². The van der Waals surface area contributed by atoms with Crippen LogP contribution in [0.15, 0.2) is 24.3 Å². The maximum absolute atomic E-state index is 12.3. The van der Waals surface area contributed by atoms with Gasteiger partial charge in [0, 0.05) is 25.6 Å². The minimum absolute atomic E-state index is 0. The molecule has 0 aromatic heterocycles. The van der Waals surface area contributed by atoms with Crippen molar-refractivity contribution in [3.63, 3.8) is 0 Å². The summed E-state index contributed by atoms with van der Waals surface area (Å²) in [5.74, 6) is 1.07. The van der Waals surface area contributed by atoms with E-state index < -0.39 is 0 Å². The molecule has 1 amide bonds. The first-order valence-electron chi connectivity index (χ1n) is 7.58. The average Bonchev–Trinajstić information content (AvgIpc) is 2.48. The Morgan fingerprint density at radius 2 is 2.00 bits per heavy atom. The molecule has 0 radical (unpaired) electrons. The van der Waals surface area contributed by atoms with E-state index in [1.165, 1.54) is 0 Å². The number of piperidine rings is 1. The van der Waals surface area contributed by atoms with Gasteiger partial charge in [0.05, 0.1) is 7.11 Å². The standard InChI is InChI=1S/C17H26N2O2.ClH/c1-17(2)12-19(11-10-15(17)18)16(20)9-6-13-4-7-14(21-3)8-5-13;/h4-5,7-8,15H,6,9-12,18H2,1-3H3;1H. The number of nitrogens with zero attached hydrogens (tertiary/aromatic N) is 1. The second-order valence-electron chi connectivity index (χ2n) is 6.55. The van der Waals surface area contributed by atoms with Crippen molar-refractivity contribution in [3.8, 4) is 5.75 Å². The lowest BCUT2D eigenvalue weighted by Gasteiger charge is -2.42. The molecule has 1 heterocycles. The van der Waals surface area contributed by atoms with Crippen LogP contribution < -0.4 is 10.5 Å². The van der Waals surface area contributed by atoms with E-state index in [-0.39, 0.29) is 29.8 Å². The number of ether oxygens (including phenoxy) is 1. The van der Waals surface area contributed by atoms with E-state index in [0.717, 1.165) is 37.2 Å². The zero-order chi connectivity index (χ0) is 15.5. The Kier molecular flexibility index (Phi) is 6.69. The molecule has 5 heteroatoms. The number of aryl methyl sites for hydroxylation is 1. The summed E-state index contributed by atoms with van der Waals surface area (Å²) in [6, 6.07) is 8.08. The largest absolute Gasteiger partial charge is 0.497 e. The highest BCUT2D eigenvalue weighted by Crippen LogP contribution is 2.28. The van der Waals surface area contributed by atoms with Crippen LogP contribution in [0.25, 0.3) is 0 Å². The number of hydrogen-bond acceptors (Lipinski definition) is 3. The fourth-order valence-corrected chi connectivity index (χ4v) is 2.79. The molecule has 1 atom stereocenters. The number of likely N-dealkylation sites (tertiary alicyclic amines) is 1. The lowest BCUT2D eigenvalue weighted by Crippen LogP contribution is -2.54. The molecule has 1 aromatic rings. The maximum atomic E-state index is 12.3. The van der Waals surface area contributed by atoms with E-state index >= 15 is 0 Å². The fraction of sp³-hybridized carbons (Fsp3) is 0.588. The number of methoxy groups -OCH3 is 1. The molecule has 124 valence electrons. The Hall–Kier alpha value is -1.26. The Labute approximate surface area is 139 Å². The van der Waals surface area contributed by atoms with Crippen molar-refractivity contribution in [2.45, 2.75) is 39.2 Å². The molecule has 1 aromatic carbocycles. The first-order chi connectivity index (χ1) is 9.92. The van der Waals surface area contributed by atoms with E-state index in [4.69, 9.17) is 10.5 Å². The summed E-state index contributed by atoms with van der Waals surface area (Å²) in [7, 11) is 1.65. The molecule has 0 bridgehead atoms. The monoisotopic (exact) mass is 326 g/mol. The molecular formula is C17H27ClN2O2. The minimum atomic E-state index is 0. The molecule has 2 rings (SSSR count). The molecule has 4 nitrogen and oxygen atoms in total. The highest BCUT2D eigenvalue weighted by molar-refractivity contribution is 5.85. The number of carbonyl (C=O) groups is 1. The number of hydrogen-bond donors (Lipinski definition) is 1. The quantitative estimate of drug-likeness (QED) is 0.925. The van der Waals surface area contributed by atoms with Gasteiger partial charge < -0.3 is 15.4 Å². The van der Waals surface area contributed by atoms with Gasteiger partial charge in [0.2, 0.25) is 5.91 Å². The number of benzene rings is 1. The first-order valence-corrected chi connectivity index (χ1v) is 7.58. The molecule has 22 heavy (non-hydrogen) atoms. The van der Waals surface area contributed by atoms with Gasteiger partial charge in [-0.2, -0.15) is 0 Å². The Balaban J connectivity index is 0.00000242. The molecular weight excluding hydrogens is 300 g/mol. The van der Waals surface area contributed by atoms with Gasteiger partial charge in [-0.3, -0.25) is 4.79 Å². The Morgan fingerprint density at radius 3 is 2.55 bits per heavy atom. The van der Waals surface area contributed by atoms with Crippen LogP contribution in [0.2, 0.25) is 0 Å². The molecule has 1 unspecified atom stereocenters. The first kappa shape index (κ1) is 18.8. The van der Waals surface area contributed by atoms with Gasteiger partial charge in [-0.1, -0.05) is 26.0 Å². The average molecular weight is 327 g/mol. The zero-order valence-corrected chi connectivity index (χ0v) is 14.5. The van der Waals surface area contributed by atoms with Crippen molar-refractivity contribution in [2.75, 3.05) is 20.2 Å². The van der Waals surface area contributed by atoms with E-state index in [1.807, 2.05) is 29.2 Å². The molecule has 1 aliphatic rings. The lowest BCUT2D eigenvalue weighted by molar-refractivity contribution is -0.134. The van der Waals surface area contributed by atoms with Crippen LogP contribution in [-0.4, -0.2) is 37.0 Å². The van der Waals surface area contributed by atoms with Gasteiger partial charge >= 0.3 is 0 Å². The van der Waals surface area contributed by atoms with Crippen molar-refractivity contribution < 1.29 is 9.53 Å². The third-order valence-corrected chi connectivity index (χ3v) is 4.45. The molecule has 0 aliphatic carbocycles. The van der Waals surface area contributed by atoms with Crippen LogP contribution in [0.3, 0.4) is 0 Å². The van der Waals surface area contributed by atoms with Gasteiger partial charge in [0.1, 0.15) is 5.75 Å². The zero-order valence-electron chi connectivity index (χ0n) is 13.7. The van der Waals surface area contributed by atoms with E-state index in [0.29, 0.717) is 6.42 Å². The van der Waals surface area contributed by atoms with Crippen LogP contribution in [0.4, 0.5) is 0 Å². The lowest BCUT2D eigenvalue weighted by atomic mass is 9.79. The molecule has 1 aliphatic heterocycles. The smallest absolute Gasteiger partial charge is 0.222 e. The third-order valence-electron chi connectivity index (χ3n) is 4.45. The molecule has 1 saturated heterocycles. The highest BCUT2D eigenvalue weighted by Gasteiger charge is 2.34. The Morgan fingerprint density at radius 1 is 1.36 bits per heavy atom. The number of nitrogens with two attached hydrogens (primary N) is 1. The summed E-state index contributed by atoms with van der Waals surface area (Å²) < 4.78 is 5.14. The van der Waals surface area contributed by atoms with E-state index in [9.17, 15) is 4.79 Å². The van der Waals surface area contributed by atoms with Gasteiger partial charge in [0.25, 0.3) is 0 Å². The number of amides is 1. The van der Waals surface area contributed by atoms with Crippen LogP contribution >= 0.6 is 12.4 Å². The highest BCUT2D eigenvalue weighted by atomic mass is 35.5. The summed E-state index contributed by atoms with van der Waals surface area (Å²) >= 11 is 0. The summed E-state index contributed by atoms with van der Waals surface area (Å²) in [4.78, 5) is 14.3. The van der Waals surface area contributed by atoms with Gasteiger partial charge in [0.15, 0.2) is 0 Å². The van der Waals surface area contributed by atoms with Crippen molar-refractivity contribution in [1.82, 2.24) is 4.90 Å². The van der Waals surface area contributed by atoms with Gasteiger partial charge in [-0.05, 0) is 36.0 Å². The summed E-state index contributed by atoms with van der Waals surface area (Å²) in [5, 5.41) is 0. The second kappa shape index (κ2) is 7.84. The summed E-state index contributed by atoms with van der Waals surface area (Å²) in [6.07, 6.45) is 2.21. The van der Waals surface area contributed by atoms with Gasteiger partial charge in [-0.25, -0.2) is 0 Å². The van der Waals surface area contributed by atoms with Gasteiger partial charge in [-0.15, -0.1) is 12.4 Å². The predicted octanol–water partition coefficient (Wildman–Crippen LogP) is 2.64. The van der Waals surface area contributed by atoms with E-state index in [2.05, 4.69) is 13.8 Å². The second-order valence-corrected chi connectivity index (χ2v) is 6.55. The summed E-state index contributed by atoms with van der Waals surface area (Å²) in [5.41, 5.74) is 7.29. The fourth-order valence-electron chi connectivity index (χ4n) is 2.79. The summed E-state index contributed by atoms with van der Waals surface area (Å²) in [6.45, 7) is 5.82. The van der Waals surface area contributed by atoms with Crippen molar-refractivity contribution in [1.29, 1.82) is 0 Å². The van der Waals surface area contributed by atoms with Crippen LogP contribution in [-0.2, 0) is 11.2 Å². The normalized spacial score (nSPS) is 20.2. The number of rotatable bonds is 4. The minimum Gasteiger partial charge on any atom is -0.497 e. The Bertz CT molecular complexity index is 488. The van der Waals surface area contributed by atoms with Crippen LogP contribution in [0, 0.1) is 5.41 Å². The SMILES string of the molecule is COc1ccc(CCC(=O)N2CCC(N)C(C)(C)C2)cc1.Cl. The van der Waals surface area contributed by atoms with Crippen LogP contribution in [0.5, 0.6) is 5.75 Å².